The van der Waals surface area contributed by atoms with Crippen LogP contribution in [-0.4, -0.2) is 10.1 Å². The molecule has 0 aliphatic rings. The average Bonchev–Trinajstić information content (AvgIpc) is 2.15. The van der Waals surface area contributed by atoms with Gasteiger partial charge in [0.05, 0.1) is 34.5 Å². The molecule has 1 aromatic heterocycles. The van der Waals surface area contributed by atoms with Crippen LogP contribution in [0.3, 0.4) is 0 Å². The Morgan fingerprint density at radius 1 is 1.50 bits per heavy atom. The number of aliphatic hydroxyl groups is 1. The van der Waals surface area contributed by atoms with Crippen molar-refractivity contribution in [2.24, 2.45) is 0 Å². The molecule has 1 rings (SSSR count). The fourth-order valence-electron chi connectivity index (χ4n) is 1.04. The number of rotatable bonds is 3. The van der Waals surface area contributed by atoms with E-state index in [1.54, 1.807) is 0 Å². The zero-order chi connectivity index (χ0) is 10.7. The molecule has 6 heteroatoms. The molecule has 1 N–H and O–H groups in total. The van der Waals surface area contributed by atoms with E-state index in [2.05, 4.69) is 4.98 Å². The summed E-state index contributed by atoms with van der Waals surface area (Å²) in [5, 5.41) is 8.64. The van der Waals surface area contributed by atoms with E-state index in [1.807, 2.05) is 0 Å². The quantitative estimate of drug-likeness (QED) is 0.826. The Labute approximate surface area is 89.5 Å². The van der Waals surface area contributed by atoms with E-state index in [-0.39, 0.29) is 34.5 Å². The number of nitrogens with zero attached hydrogens (tertiary/aromatic N) is 1. The number of hydrogen-bond acceptors (Lipinski definition) is 2. The highest BCUT2D eigenvalue weighted by molar-refractivity contribution is 6.31. The standard InChI is InChI=1S/C8H7Cl2F2NO/c9-2-6-7(8(11)12)5(10)1-4(3-14)13-6/h1,8,14H,2-3H2. The lowest BCUT2D eigenvalue weighted by Gasteiger charge is -2.09. The second kappa shape index (κ2) is 4.87. The number of halogens is 4. The first-order valence-electron chi connectivity index (χ1n) is 3.73. The lowest BCUT2D eigenvalue weighted by molar-refractivity contribution is 0.150. The van der Waals surface area contributed by atoms with E-state index in [0.29, 0.717) is 0 Å². The van der Waals surface area contributed by atoms with E-state index >= 15 is 0 Å². The minimum absolute atomic E-state index is 0.0122. The molecule has 0 aliphatic carbocycles. The van der Waals surface area contributed by atoms with E-state index < -0.39 is 6.43 Å². The van der Waals surface area contributed by atoms with Gasteiger partial charge in [-0.2, -0.15) is 0 Å². The highest BCUT2D eigenvalue weighted by Crippen LogP contribution is 2.30. The Balaban J connectivity index is 3.27. The predicted molar refractivity (Wildman–Crippen MR) is 49.7 cm³/mol. The SMILES string of the molecule is OCc1cc(Cl)c(C(F)F)c(CCl)n1. The van der Waals surface area contributed by atoms with E-state index in [1.165, 1.54) is 6.07 Å². The molecule has 0 saturated carbocycles. The molecule has 78 valence electrons. The van der Waals surface area contributed by atoms with E-state index in [9.17, 15) is 8.78 Å². The zero-order valence-corrected chi connectivity index (χ0v) is 8.49. The highest BCUT2D eigenvalue weighted by atomic mass is 35.5. The van der Waals surface area contributed by atoms with E-state index in [0.717, 1.165) is 0 Å². The zero-order valence-electron chi connectivity index (χ0n) is 6.98. The van der Waals surface area contributed by atoms with Gasteiger partial charge in [0, 0.05) is 0 Å². The lowest BCUT2D eigenvalue weighted by Crippen LogP contribution is -2.01. The maximum absolute atomic E-state index is 12.5. The smallest absolute Gasteiger partial charge is 0.267 e. The molecule has 0 amide bonds. The lowest BCUT2D eigenvalue weighted by atomic mass is 10.2. The molecule has 0 spiro atoms. The first kappa shape index (κ1) is 11.6. The largest absolute Gasteiger partial charge is 0.390 e. The van der Waals surface area contributed by atoms with Crippen molar-refractivity contribution in [1.29, 1.82) is 0 Å². The number of pyridine rings is 1. The molecule has 0 saturated heterocycles. The molecule has 0 bridgehead atoms. The molecule has 0 aromatic carbocycles. The number of alkyl halides is 3. The summed E-state index contributed by atoms with van der Waals surface area (Å²) in [6.45, 7) is -0.354. The van der Waals surface area contributed by atoms with Crippen molar-refractivity contribution < 1.29 is 13.9 Å². The molecular weight excluding hydrogens is 235 g/mol. The van der Waals surface area contributed by atoms with Crippen LogP contribution < -0.4 is 0 Å². The Bertz CT molecular complexity index is 333. The number of aromatic nitrogens is 1. The summed E-state index contributed by atoms with van der Waals surface area (Å²) < 4.78 is 24.9. The summed E-state index contributed by atoms with van der Waals surface area (Å²) >= 11 is 11.0. The fraction of sp³-hybridized carbons (Fsp3) is 0.375. The molecule has 1 aromatic rings. The summed E-state index contributed by atoms with van der Waals surface area (Å²) in [6.07, 6.45) is -2.71. The normalized spacial score (nSPS) is 11.0. The summed E-state index contributed by atoms with van der Waals surface area (Å²) in [7, 11) is 0. The van der Waals surface area contributed by atoms with Crippen LogP contribution in [0.25, 0.3) is 0 Å². The fourth-order valence-corrected chi connectivity index (χ4v) is 1.56. The van der Waals surface area contributed by atoms with Crippen molar-refractivity contribution in [3.8, 4) is 0 Å². The van der Waals surface area contributed by atoms with Crippen molar-refractivity contribution in [1.82, 2.24) is 4.98 Å². The van der Waals surface area contributed by atoms with Gasteiger partial charge in [-0.15, -0.1) is 11.6 Å². The predicted octanol–water partition coefficient (Wildman–Crippen LogP) is 2.90. The van der Waals surface area contributed by atoms with Crippen LogP contribution in [0.15, 0.2) is 6.07 Å². The monoisotopic (exact) mass is 241 g/mol. The van der Waals surface area contributed by atoms with Gasteiger partial charge in [0.25, 0.3) is 6.43 Å². The van der Waals surface area contributed by atoms with Crippen LogP contribution in [0, 0.1) is 0 Å². The van der Waals surface area contributed by atoms with Gasteiger partial charge in [0.1, 0.15) is 0 Å². The van der Waals surface area contributed by atoms with Crippen molar-refractivity contribution >= 4 is 23.2 Å². The molecule has 1 heterocycles. The van der Waals surface area contributed by atoms with Gasteiger partial charge >= 0.3 is 0 Å². The van der Waals surface area contributed by atoms with Gasteiger partial charge in [-0.05, 0) is 6.07 Å². The Morgan fingerprint density at radius 2 is 2.14 bits per heavy atom. The molecule has 0 unspecified atom stereocenters. The molecule has 0 fully saturated rings. The van der Waals surface area contributed by atoms with Crippen molar-refractivity contribution in [2.45, 2.75) is 18.9 Å². The Hall–Kier alpha value is -0.450. The van der Waals surface area contributed by atoms with E-state index in [4.69, 9.17) is 28.3 Å². The third-order valence-electron chi connectivity index (χ3n) is 1.65. The van der Waals surface area contributed by atoms with Crippen LogP contribution in [0.2, 0.25) is 5.02 Å². The third kappa shape index (κ3) is 2.32. The Morgan fingerprint density at radius 3 is 2.57 bits per heavy atom. The topological polar surface area (TPSA) is 33.1 Å². The van der Waals surface area contributed by atoms with Gasteiger partial charge in [-0.3, -0.25) is 4.98 Å². The minimum Gasteiger partial charge on any atom is -0.390 e. The number of hydrogen-bond donors (Lipinski definition) is 1. The molecule has 0 radical (unpaired) electrons. The van der Waals surface area contributed by atoms with Crippen LogP contribution in [0.1, 0.15) is 23.4 Å². The van der Waals surface area contributed by atoms with Gasteiger partial charge < -0.3 is 5.11 Å². The van der Waals surface area contributed by atoms with Crippen LogP contribution in [-0.2, 0) is 12.5 Å². The molecule has 0 aliphatic heterocycles. The highest BCUT2D eigenvalue weighted by Gasteiger charge is 2.18. The first-order valence-corrected chi connectivity index (χ1v) is 4.64. The first-order chi connectivity index (χ1) is 6.60. The Kier molecular flexibility index (Phi) is 4.04. The second-order valence-electron chi connectivity index (χ2n) is 2.55. The summed E-state index contributed by atoms with van der Waals surface area (Å²) in [5.74, 6) is -0.159. The maximum atomic E-state index is 12.5. The van der Waals surface area contributed by atoms with Crippen molar-refractivity contribution in [2.75, 3.05) is 0 Å². The van der Waals surface area contributed by atoms with Gasteiger partial charge in [-0.25, -0.2) is 8.78 Å². The minimum atomic E-state index is -2.71. The molecular formula is C8H7Cl2F2NO. The van der Waals surface area contributed by atoms with Gasteiger partial charge in [-0.1, -0.05) is 11.6 Å². The molecule has 0 atom stereocenters. The summed E-state index contributed by atoms with van der Waals surface area (Å²) in [5.41, 5.74) is -0.118. The van der Waals surface area contributed by atoms with Crippen molar-refractivity contribution in [3.63, 3.8) is 0 Å². The third-order valence-corrected chi connectivity index (χ3v) is 2.21. The molecule has 2 nitrogen and oxygen atoms in total. The molecule has 14 heavy (non-hydrogen) atoms. The van der Waals surface area contributed by atoms with Crippen LogP contribution >= 0.6 is 23.2 Å². The van der Waals surface area contributed by atoms with Crippen LogP contribution in [0.4, 0.5) is 8.78 Å². The van der Waals surface area contributed by atoms with Crippen molar-refractivity contribution in [3.05, 3.63) is 28.0 Å². The average molecular weight is 242 g/mol. The summed E-state index contributed by atoms with van der Waals surface area (Å²) in [4.78, 5) is 3.75. The second-order valence-corrected chi connectivity index (χ2v) is 3.22. The van der Waals surface area contributed by atoms with Gasteiger partial charge in [0.2, 0.25) is 0 Å². The van der Waals surface area contributed by atoms with Crippen LogP contribution in [0.5, 0.6) is 0 Å². The number of aliphatic hydroxyl groups excluding tert-OH is 1. The van der Waals surface area contributed by atoms with Gasteiger partial charge in [0.15, 0.2) is 0 Å². The maximum Gasteiger partial charge on any atom is 0.267 e. The summed E-state index contributed by atoms with van der Waals surface area (Å²) in [6, 6.07) is 1.21.